The van der Waals surface area contributed by atoms with Crippen LogP contribution < -0.4 is 4.74 Å². The summed E-state index contributed by atoms with van der Waals surface area (Å²) in [6, 6.07) is 7.66. The summed E-state index contributed by atoms with van der Waals surface area (Å²) in [7, 11) is 0. The van der Waals surface area contributed by atoms with Crippen molar-refractivity contribution in [2.75, 3.05) is 13.1 Å². The Balaban J connectivity index is 1.55. The van der Waals surface area contributed by atoms with E-state index in [0.29, 0.717) is 49.8 Å². The molecule has 0 spiro atoms. The number of nitrogens with zero attached hydrogens (tertiary/aromatic N) is 1. The Labute approximate surface area is 205 Å². The van der Waals surface area contributed by atoms with Crippen molar-refractivity contribution >= 4 is 16.7 Å². The number of benzene rings is 2. The fourth-order valence-corrected chi connectivity index (χ4v) is 5.34. The first kappa shape index (κ1) is 26.6. The van der Waals surface area contributed by atoms with Crippen molar-refractivity contribution in [3.63, 3.8) is 0 Å². The minimum Gasteiger partial charge on any atom is -0.490 e. The number of carboxylic acids is 1. The normalized spacial score (nSPS) is 24.4. The van der Waals surface area contributed by atoms with Crippen molar-refractivity contribution in [3.05, 3.63) is 41.5 Å². The average molecular weight is 518 g/mol. The average Bonchev–Trinajstić information content (AvgIpc) is 3.03. The predicted octanol–water partition coefficient (Wildman–Crippen LogP) is 7.05. The standard InChI is InChI=1S/C26H29F6NO3/c27-25(28,29)19-6-8-20(9-7-19)36-22-10-5-17-4-3-16(14-21(17)23(22)26(30,31)32)15-33-12-1-2-18(11-13-33)24(34)35/h3-5,10,14,18-20H,1-2,6-9,11-13,15H2,(H,34,35). The molecule has 2 aliphatic rings. The number of aliphatic carboxylic acids is 1. The molecule has 10 heteroatoms. The van der Waals surface area contributed by atoms with Crippen LogP contribution in [-0.2, 0) is 17.5 Å². The molecule has 1 aliphatic heterocycles. The summed E-state index contributed by atoms with van der Waals surface area (Å²) in [4.78, 5) is 13.4. The number of halogens is 6. The second-order valence-electron chi connectivity index (χ2n) is 9.87. The molecule has 36 heavy (non-hydrogen) atoms. The summed E-state index contributed by atoms with van der Waals surface area (Å²) in [5, 5.41) is 9.65. The monoisotopic (exact) mass is 517 g/mol. The highest BCUT2D eigenvalue weighted by molar-refractivity contribution is 5.89. The molecule has 4 rings (SSSR count). The molecule has 0 amide bonds. The first-order chi connectivity index (χ1) is 16.9. The Morgan fingerprint density at radius 2 is 1.64 bits per heavy atom. The SMILES string of the molecule is O=C(O)C1CCCN(Cc2ccc3ccc(OC4CCC(C(F)(F)F)CC4)c(C(F)(F)F)c3c2)CC1. The Hall–Kier alpha value is -2.49. The van der Waals surface area contributed by atoms with E-state index in [1.807, 2.05) is 0 Å². The van der Waals surface area contributed by atoms with Crippen LogP contribution in [0, 0.1) is 11.8 Å². The zero-order valence-corrected chi connectivity index (χ0v) is 19.7. The lowest BCUT2D eigenvalue weighted by atomic mass is 9.87. The molecule has 1 saturated heterocycles. The van der Waals surface area contributed by atoms with Gasteiger partial charge in [0.2, 0.25) is 0 Å². The van der Waals surface area contributed by atoms with Gasteiger partial charge in [-0.05, 0) is 86.5 Å². The highest BCUT2D eigenvalue weighted by Crippen LogP contribution is 2.44. The maximum Gasteiger partial charge on any atom is 0.420 e. The van der Waals surface area contributed by atoms with Gasteiger partial charge in [0.25, 0.3) is 0 Å². The minimum absolute atomic E-state index is 0.0142. The third kappa shape index (κ3) is 6.25. The van der Waals surface area contributed by atoms with Crippen molar-refractivity contribution in [1.82, 2.24) is 4.90 Å². The number of likely N-dealkylation sites (tertiary alicyclic amines) is 1. The van der Waals surface area contributed by atoms with E-state index in [1.54, 1.807) is 12.1 Å². The molecule has 2 fully saturated rings. The van der Waals surface area contributed by atoms with Crippen LogP contribution >= 0.6 is 0 Å². The minimum atomic E-state index is -4.71. The molecule has 2 aromatic rings. The van der Waals surface area contributed by atoms with E-state index >= 15 is 0 Å². The summed E-state index contributed by atoms with van der Waals surface area (Å²) < 4.78 is 87.2. The quantitative estimate of drug-likeness (QED) is 0.432. The van der Waals surface area contributed by atoms with Gasteiger partial charge in [-0.25, -0.2) is 0 Å². The van der Waals surface area contributed by atoms with E-state index in [2.05, 4.69) is 4.90 Å². The van der Waals surface area contributed by atoms with Crippen molar-refractivity contribution in [2.45, 2.75) is 69.9 Å². The topological polar surface area (TPSA) is 49.8 Å². The van der Waals surface area contributed by atoms with Crippen LogP contribution in [-0.4, -0.2) is 41.3 Å². The van der Waals surface area contributed by atoms with Gasteiger partial charge in [0, 0.05) is 6.54 Å². The molecule has 1 N–H and O–H groups in total. The van der Waals surface area contributed by atoms with Gasteiger partial charge in [0.15, 0.2) is 0 Å². The lowest BCUT2D eigenvalue weighted by Crippen LogP contribution is -2.32. The number of hydrogen-bond acceptors (Lipinski definition) is 3. The van der Waals surface area contributed by atoms with Crippen LogP contribution in [0.2, 0.25) is 0 Å². The molecule has 0 aromatic heterocycles. The number of rotatable bonds is 5. The molecule has 1 atom stereocenters. The third-order valence-corrected chi connectivity index (χ3v) is 7.34. The van der Waals surface area contributed by atoms with Gasteiger partial charge in [0.05, 0.1) is 17.9 Å². The first-order valence-corrected chi connectivity index (χ1v) is 12.2. The van der Waals surface area contributed by atoms with Crippen LogP contribution in [0.5, 0.6) is 5.75 Å². The number of carboxylic acid groups (broad SMARTS) is 1. The van der Waals surface area contributed by atoms with Crippen LogP contribution in [0.4, 0.5) is 26.3 Å². The number of fused-ring (bicyclic) bond motifs is 1. The summed E-state index contributed by atoms with van der Waals surface area (Å²) in [6.07, 6.45) is -8.18. The van der Waals surface area contributed by atoms with Crippen molar-refractivity contribution in [1.29, 1.82) is 0 Å². The smallest absolute Gasteiger partial charge is 0.420 e. The van der Waals surface area contributed by atoms with Gasteiger partial charge >= 0.3 is 18.3 Å². The molecular formula is C26H29F6NO3. The van der Waals surface area contributed by atoms with E-state index < -0.39 is 41.8 Å². The molecule has 1 saturated carbocycles. The van der Waals surface area contributed by atoms with E-state index in [-0.39, 0.29) is 36.8 Å². The maximum absolute atomic E-state index is 14.2. The summed E-state index contributed by atoms with van der Waals surface area (Å²) >= 11 is 0. The van der Waals surface area contributed by atoms with Crippen molar-refractivity contribution in [2.24, 2.45) is 11.8 Å². The molecule has 198 valence electrons. The molecule has 0 bridgehead atoms. The Morgan fingerprint density at radius 1 is 0.944 bits per heavy atom. The fraction of sp³-hybridized carbons (Fsp3) is 0.577. The van der Waals surface area contributed by atoms with E-state index in [4.69, 9.17) is 4.74 Å². The molecule has 1 heterocycles. The second-order valence-corrected chi connectivity index (χ2v) is 9.87. The van der Waals surface area contributed by atoms with E-state index in [9.17, 15) is 36.2 Å². The largest absolute Gasteiger partial charge is 0.490 e. The number of hydrogen-bond donors (Lipinski definition) is 1. The molecule has 1 unspecified atom stereocenters. The van der Waals surface area contributed by atoms with Gasteiger partial charge < -0.3 is 9.84 Å². The number of ether oxygens (including phenoxy) is 1. The number of carbonyl (C=O) groups is 1. The van der Waals surface area contributed by atoms with Crippen molar-refractivity contribution < 1.29 is 41.0 Å². The summed E-state index contributed by atoms with van der Waals surface area (Å²) in [6.45, 7) is 1.61. The van der Waals surface area contributed by atoms with Crippen LogP contribution in [0.25, 0.3) is 10.8 Å². The van der Waals surface area contributed by atoms with Gasteiger partial charge in [-0.2, -0.15) is 26.3 Å². The first-order valence-electron chi connectivity index (χ1n) is 12.2. The second kappa shape index (κ2) is 10.5. The fourth-order valence-electron chi connectivity index (χ4n) is 5.34. The molecule has 0 radical (unpaired) electrons. The Kier molecular flexibility index (Phi) is 7.73. The zero-order chi connectivity index (χ0) is 26.1. The summed E-state index contributed by atoms with van der Waals surface area (Å²) in [5.41, 5.74) is -0.244. The molecule has 1 aliphatic carbocycles. The van der Waals surface area contributed by atoms with Crippen LogP contribution in [0.3, 0.4) is 0 Å². The van der Waals surface area contributed by atoms with Gasteiger partial charge in [-0.3, -0.25) is 9.69 Å². The highest BCUT2D eigenvalue weighted by Gasteiger charge is 2.42. The van der Waals surface area contributed by atoms with E-state index in [1.165, 1.54) is 18.2 Å². The van der Waals surface area contributed by atoms with Crippen LogP contribution in [0.1, 0.15) is 56.1 Å². The third-order valence-electron chi connectivity index (χ3n) is 7.34. The lowest BCUT2D eigenvalue weighted by molar-refractivity contribution is -0.185. The Bertz CT molecular complexity index is 1080. The molecular weight excluding hydrogens is 488 g/mol. The maximum atomic E-state index is 14.2. The van der Waals surface area contributed by atoms with Gasteiger partial charge in [0.1, 0.15) is 11.3 Å². The van der Waals surface area contributed by atoms with Crippen LogP contribution in [0.15, 0.2) is 30.3 Å². The Morgan fingerprint density at radius 3 is 2.28 bits per heavy atom. The van der Waals surface area contributed by atoms with Gasteiger partial charge in [-0.1, -0.05) is 18.2 Å². The molecule has 4 nitrogen and oxygen atoms in total. The lowest BCUT2D eigenvalue weighted by Gasteiger charge is -2.31. The number of alkyl halides is 6. The summed E-state index contributed by atoms with van der Waals surface area (Å²) in [5.74, 6) is -3.03. The highest BCUT2D eigenvalue weighted by atomic mass is 19.4. The van der Waals surface area contributed by atoms with E-state index in [0.717, 1.165) is 0 Å². The van der Waals surface area contributed by atoms with Gasteiger partial charge in [-0.15, -0.1) is 0 Å². The molecule has 2 aromatic carbocycles. The predicted molar refractivity (Wildman–Crippen MR) is 122 cm³/mol. The van der Waals surface area contributed by atoms with Crippen molar-refractivity contribution in [3.8, 4) is 5.75 Å². The zero-order valence-electron chi connectivity index (χ0n) is 19.7.